The Hall–Kier alpha value is -1.55. The summed E-state index contributed by atoms with van der Waals surface area (Å²) in [4.78, 5) is 13.9. The van der Waals surface area contributed by atoms with E-state index in [1.54, 1.807) is 7.05 Å². The van der Waals surface area contributed by atoms with E-state index < -0.39 is 0 Å². The number of anilines is 1. The molecule has 1 amide bonds. The number of nitrogens with zero attached hydrogens (tertiary/aromatic N) is 1. The van der Waals surface area contributed by atoms with Crippen LogP contribution in [0.1, 0.15) is 24.3 Å². The van der Waals surface area contributed by atoms with Gasteiger partial charge in [-0.25, -0.2) is 0 Å². The summed E-state index contributed by atoms with van der Waals surface area (Å²) >= 11 is 0. The topological polar surface area (TPSA) is 58.4 Å². The highest BCUT2D eigenvalue weighted by Crippen LogP contribution is 2.23. The molecule has 0 heterocycles. The van der Waals surface area contributed by atoms with Crippen molar-refractivity contribution in [1.82, 2.24) is 5.32 Å². The maximum Gasteiger partial charge on any atom is 0.227 e. The van der Waals surface area contributed by atoms with Gasteiger partial charge in [-0.15, -0.1) is 0 Å². The quantitative estimate of drug-likeness (QED) is 0.799. The van der Waals surface area contributed by atoms with Crippen LogP contribution < -0.4 is 16.0 Å². The molecule has 1 aromatic carbocycles. The van der Waals surface area contributed by atoms with Gasteiger partial charge in [-0.1, -0.05) is 12.1 Å². The first kappa shape index (κ1) is 14.5. The predicted molar refractivity (Wildman–Crippen MR) is 75.9 cm³/mol. The molecule has 1 unspecified atom stereocenters. The van der Waals surface area contributed by atoms with Crippen molar-refractivity contribution < 1.29 is 4.79 Å². The Morgan fingerprint density at radius 3 is 2.39 bits per heavy atom. The van der Waals surface area contributed by atoms with Crippen molar-refractivity contribution in [3.8, 4) is 0 Å². The van der Waals surface area contributed by atoms with E-state index >= 15 is 0 Å². The van der Waals surface area contributed by atoms with E-state index in [0.717, 1.165) is 24.1 Å². The molecule has 4 nitrogen and oxygen atoms in total. The Morgan fingerprint density at radius 2 is 1.94 bits per heavy atom. The van der Waals surface area contributed by atoms with Gasteiger partial charge in [-0.3, -0.25) is 4.79 Å². The van der Waals surface area contributed by atoms with E-state index in [9.17, 15) is 4.79 Å². The summed E-state index contributed by atoms with van der Waals surface area (Å²) in [5.41, 5.74) is 7.70. The van der Waals surface area contributed by atoms with Gasteiger partial charge in [0.05, 0.1) is 5.92 Å². The van der Waals surface area contributed by atoms with Crippen LogP contribution in [0.2, 0.25) is 0 Å². The van der Waals surface area contributed by atoms with E-state index in [0.29, 0.717) is 6.54 Å². The summed E-state index contributed by atoms with van der Waals surface area (Å²) in [6, 6.07) is 8.11. The fourth-order valence-electron chi connectivity index (χ4n) is 1.95. The first-order valence-electron chi connectivity index (χ1n) is 6.29. The van der Waals surface area contributed by atoms with Crippen molar-refractivity contribution in [2.45, 2.75) is 18.8 Å². The van der Waals surface area contributed by atoms with Crippen LogP contribution >= 0.6 is 0 Å². The number of nitrogens with one attached hydrogen (secondary N) is 1. The number of carbonyl (C=O) groups is 1. The molecule has 0 saturated carbocycles. The van der Waals surface area contributed by atoms with Gasteiger partial charge in [0.2, 0.25) is 5.91 Å². The maximum absolute atomic E-state index is 11.9. The average molecular weight is 249 g/mol. The second-order valence-corrected chi connectivity index (χ2v) is 4.58. The fraction of sp³-hybridized carbons (Fsp3) is 0.500. The van der Waals surface area contributed by atoms with E-state index in [-0.39, 0.29) is 11.8 Å². The number of benzene rings is 1. The highest BCUT2D eigenvalue weighted by atomic mass is 16.1. The molecule has 0 aliphatic heterocycles. The molecule has 1 rings (SSSR count). The minimum Gasteiger partial charge on any atom is -0.378 e. The molecule has 3 N–H and O–H groups in total. The molecule has 1 atom stereocenters. The Bertz CT molecular complexity index is 373. The lowest BCUT2D eigenvalue weighted by Crippen LogP contribution is -2.26. The lowest BCUT2D eigenvalue weighted by atomic mass is 9.93. The molecule has 0 spiro atoms. The summed E-state index contributed by atoms with van der Waals surface area (Å²) in [7, 11) is 5.67. The summed E-state index contributed by atoms with van der Waals surface area (Å²) in [5.74, 6) is -0.0455. The molecule has 0 bridgehead atoms. The smallest absolute Gasteiger partial charge is 0.227 e. The second-order valence-electron chi connectivity index (χ2n) is 4.58. The lowest BCUT2D eigenvalue weighted by molar-refractivity contribution is -0.122. The Kier molecular flexibility index (Phi) is 5.65. The van der Waals surface area contributed by atoms with Crippen LogP contribution in [0, 0.1) is 0 Å². The highest BCUT2D eigenvalue weighted by molar-refractivity contribution is 5.83. The van der Waals surface area contributed by atoms with Crippen molar-refractivity contribution in [2.24, 2.45) is 5.73 Å². The number of hydrogen-bond acceptors (Lipinski definition) is 3. The van der Waals surface area contributed by atoms with Crippen LogP contribution in [0.4, 0.5) is 5.69 Å². The zero-order chi connectivity index (χ0) is 13.5. The summed E-state index contributed by atoms with van der Waals surface area (Å²) in [6.07, 6.45) is 1.64. The van der Waals surface area contributed by atoms with Gasteiger partial charge in [0.15, 0.2) is 0 Å². The Labute approximate surface area is 109 Å². The molecule has 0 fully saturated rings. The van der Waals surface area contributed by atoms with Crippen molar-refractivity contribution in [2.75, 3.05) is 32.6 Å². The number of nitrogens with two attached hydrogens (primary N) is 1. The molecule has 0 aromatic heterocycles. The number of likely N-dealkylation sites (N-methyl/N-ethyl adjacent to an activating group) is 1. The Balaban J connectivity index is 2.87. The summed E-state index contributed by atoms with van der Waals surface area (Å²) in [5, 5.41) is 2.72. The number of hydrogen-bond donors (Lipinski definition) is 2. The number of rotatable bonds is 6. The standard InChI is InChI=1S/C14H23N3O/c1-16-14(18)13(5-4-10-15)11-6-8-12(9-7-11)17(2)3/h6-9,13H,4-5,10,15H2,1-3H3,(H,16,18). The zero-order valence-corrected chi connectivity index (χ0v) is 11.4. The Morgan fingerprint density at radius 1 is 1.33 bits per heavy atom. The van der Waals surface area contributed by atoms with Gasteiger partial charge in [0, 0.05) is 26.8 Å². The normalized spacial score (nSPS) is 12.0. The summed E-state index contributed by atoms with van der Waals surface area (Å²) < 4.78 is 0. The largest absolute Gasteiger partial charge is 0.378 e. The van der Waals surface area contributed by atoms with Crippen molar-refractivity contribution in [1.29, 1.82) is 0 Å². The van der Waals surface area contributed by atoms with Crippen molar-refractivity contribution in [3.05, 3.63) is 29.8 Å². The van der Waals surface area contributed by atoms with Gasteiger partial charge in [-0.05, 0) is 37.1 Å². The number of amides is 1. The van der Waals surface area contributed by atoms with Gasteiger partial charge in [-0.2, -0.15) is 0 Å². The van der Waals surface area contributed by atoms with Gasteiger partial charge < -0.3 is 16.0 Å². The van der Waals surface area contributed by atoms with E-state index in [1.165, 1.54) is 0 Å². The van der Waals surface area contributed by atoms with Crippen LogP contribution in [0.15, 0.2) is 24.3 Å². The third kappa shape index (κ3) is 3.74. The SMILES string of the molecule is CNC(=O)C(CCCN)c1ccc(N(C)C)cc1. The molecule has 0 saturated heterocycles. The monoisotopic (exact) mass is 249 g/mol. The maximum atomic E-state index is 11.9. The summed E-state index contributed by atoms with van der Waals surface area (Å²) in [6.45, 7) is 0.614. The van der Waals surface area contributed by atoms with E-state index in [1.807, 2.05) is 43.3 Å². The number of carbonyl (C=O) groups excluding carboxylic acids is 1. The van der Waals surface area contributed by atoms with Crippen LogP contribution in [-0.2, 0) is 4.79 Å². The molecular formula is C14H23N3O. The third-order valence-corrected chi connectivity index (χ3v) is 3.07. The lowest BCUT2D eigenvalue weighted by Gasteiger charge is -2.17. The zero-order valence-electron chi connectivity index (χ0n) is 11.4. The van der Waals surface area contributed by atoms with Crippen LogP contribution in [-0.4, -0.2) is 33.6 Å². The fourth-order valence-corrected chi connectivity index (χ4v) is 1.95. The second kappa shape index (κ2) is 7.01. The molecular weight excluding hydrogens is 226 g/mol. The molecule has 100 valence electrons. The molecule has 18 heavy (non-hydrogen) atoms. The van der Waals surface area contributed by atoms with Crippen LogP contribution in [0.25, 0.3) is 0 Å². The molecule has 4 heteroatoms. The molecule has 0 aliphatic carbocycles. The predicted octanol–water partition coefficient (Wildman–Crippen LogP) is 1.32. The highest BCUT2D eigenvalue weighted by Gasteiger charge is 2.18. The first-order valence-corrected chi connectivity index (χ1v) is 6.29. The molecule has 0 radical (unpaired) electrons. The van der Waals surface area contributed by atoms with Crippen LogP contribution in [0.3, 0.4) is 0 Å². The van der Waals surface area contributed by atoms with E-state index in [4.69, 9.17) is 5.73 Å². The molecule has 1 aromatic rings. The van der Waals surface area contributed by atoms with Gasteiger partial charge >= 0.3 is 0 Å². The minimum absolute atomic E-state index is 0.0565. The van der Waals surface area contributed by atoms with Gasteiger partial charge in [0.1, 0.15) is 0 Å². The van der Waals surface area contributed by atoms with Gasteiger partial charge in [0.25, 0.3) is 0 Å². The third-order valence-electron chi connectivity index (χ3n) is 3.07. The van der Waals surface area contributed by atoms with E-state index in [2.05, 4.69) is 5.32 Å². The minimum atomic E-state index is -0.102. The first-order chi connectivity index (χ1) is 8.60. The van der Waals surface area contributed by atoms with Crippen molar-refractivity contribution >= 4 is 11.6 Å². The average Bonchev–Trinajstić information content (AvgIpc) is 2.39. The van der Waals surface area contributed by atoms with Crippen molar-refractivity contribution in [3.63, 3.8) is 0 Å². The van der Waals surface area contributed by atoms with Crippen LogP contribution in [0.5, 0.6) is 0 Å². The molecule has 0 aliphatic rings.